The van der Waals surface area contributed by atoms with Gasteiger partial charge in [-0.2, -0.15) is 0 Å². The quantitative estimate of drug-likeness (QED) is 0.763. The molecule has 0 fully saturated rings. The van der Waals surface area contributed by atoms with Crippen LogP contribution in [0.3, 0.4) is 0 Å². The Morgan fingerprint density at radius 3 is 2.88 bits per heavy atom. The smallest absolute Gasteiger partial charge is 0.303 e. The third-order valence-electron chi connectivity index (χ3n) is 2.25. The standard InChI is InChI=1S/C10H15N3O3S/c1-13(4-7-5-17-6-12-7)10(16)8(11)2-3-9(14)15/h5-6,8H,2-4,11H2,1H3,(H,14,15). The van der Waals surface area contributed by atoms with Crippen molar-refractivity contribution in [3.8, 4) is 0 Å². The molecule has 1 rings (SSSR count). The summed E-state index contributed by atoms with van der Waals surface area (Å²) in [6.07, 6.45) is 0.0486. The SMILES string of the molecule is CN(Cc1cscn1)C(=O)C(N)CCC(=O)O. The first kappa shape index (κ1) is 13.6. The number of amides is 1. The lowest BCUT2D eigenvalue weighted by atomic mass is 10.1. The second kappa shape index (κ2) is 6.31. The Morgan fingerprint density at radius 2 is 2.35 bits per heavy atom. The van der Waals surface area contributed by atoms with Crippen LogP contribution in [0.2, 0.25) is 0 Å². The summed E-state index contributed by atoms with van der Waals surface area (Å²) in [4.78, 5) is 27.7. The van der Waals surface area contributed by atoms with Crippen LogP contribution in [0, 0.1) is 0 Å². The summed E-state index contributed by atoms with van der Waals surface area (Å²) in [6, 6.07) is -0.769. The van der Waals surface area contributed by atoms with Gasteiger partial charge < -0.3 is 15.7 Å². The van der Waals surface area contributed by atoms with Crippen LogP contribution in [0.25, 0.3) is 0 Å². The molecule has 1 aromatic rings. The Morgan fingerprint density at radius 1 is 1.65 bits per heavy atom. The van der Waals surface area contributed by atoms with Gasteiger partial charge in [-0.15, -0.1) is 11.3 Å². The molecule has 7 heteroatoms. The first-order valence-electron chi connectivity index (χ1n) is 5.10. The van der Waals surface area contributed by atoms with Gasteiger partial charge in [-0.3, -0.25) is 9.59 Å². The Bertz CT molecular complexity index is 380. The Hall–Kier alpha value is -1.47. The van der Waals surface area contributed by atoms with Gasteiger partial charge in [0.1, 0.15) is 0 Å². The van der Waals surface area contributed by atoms with Crippen molar-refractivity contribution in [2.24, 2.45) is 5.73 Å². The Labute approximate surface area is 103 Å². The fourth-order valence-electron chi connectivity index (χ4n) is 1.32. The number of carboxylic acids is 1. The lowest BCUT2D eigenvalue weighted by molar-refractivity contribution is -0.137. The first-order valence-corrected chi connectivity index (χ1v) is 6.04. The van der Waals surface area contributed by atoms with E-state index in [-0.39, 0.29) is 18.7 Å². The number of carboxylic acid groups (broad SMARTS) is 1. The third-order valence-corrected chi connectivity index (χ3v) is 2.88. The molecule has 0 aliphatic rings. The number of aliphatic carboxylic acids is 1. The van der Waals surface area contributed by atoms with Gasteiger partial charge in [-0.1, -0.05) is 0 Å². The van der Waals surface area contributed by atoms with Crippen molar-refractivity contribution in [1.82, 2.24) is 9.88 Å². The van der Waals surface area contributed by atoms with Crippen LogP contribution in [0.15, 0.2) is 10.9 Å². The largest absolute Gasteiger partial charge is 0.481 e. The highest BCUT2D eigenvalue weighted by Gasteiger charge is 2.19. The maximum absolute atomic E-state index is 11.8. The fourth-order valence-corrected chi connectivity index (χ4v) is 1.87. The van der Waals surface area contributed by atoms with Crippen LogP contribution in [0.4, 0.5) is 0 Å². The van der Waals surface area contributed by atoms with Gasteiger partial charge in [0.2, 0.25) is 5.91 Å². The maximum Gasteiger partial charge on any atom is 0.303 e. The van der Waals surface area contributed by atoms with E-state index in [4.69, 9.17) is 10.8 Å². The zero-order valence-electron chi connectivity index (χ0n) is 9.50. The van der Waals surface area contributed by atoms with E-state index in [9.17, 15) is 9.59 Å². The molecular formula is C10H15N3O3S. The van der Waals surface area contributed by atoms with E-state index >= 15 is 0 Å². The lowest BCUT2D eigenvalue weighted by Crippen LogP contribution is -2.41. The molecule has 0 aliphatic heterocycles. The zero-order valence-corrected chi connectivity index (χ0v) is 10.3. The molecule has 1 unspecified atom stereocenters. The van der Waals surface area contributed by atoms with E-state index < -0.39 is 12.0 Å². The van der Waals surface area contributed by atoms with E-state index in [1.807, 2.05) is 5.38 Å². The molecular weight excluding hydrogens is 242 g/mol. The van der Waals surface area contributed by atoms with Gasteiger partial charge in [0.15, 0.2) is 0 Å². The number of hydrogen-bond acceptors (Lipinski definition) is 5. The van der Waals surface area contributed by atoms with E-state index in [1.54, 1.807) is 12.6 Å². The van der Waals surface area contributed by atoms with Crippen LogP contribution < -0.4 is 5.73 Å². The van der Waals surface area contributed by atoms with Crippen LogP contribution in [0.1, 0.15) is 18.5 Å². The summed E-state index contributed by atoms with van der Waals surface area (Å²) < 4.78 is 0. The topological polar surface area (TPSA) is 96.5 Å². The van der Waals surface area contributed by atoms with Crippen molar-refractivity contribution in [1.29, 1.82) is 0 Å². The number of aromatic nitrogens is 1. The molecule has 0 saturated heterocycles. The van der Waals surface area contributed by atoms with Crippen molar-refractivity contribution in [2.75, 3.05) is 7.05 Å². The average Bonchev–Trinajstić information content (AvgIpc) is 2.77. The molecule has 1 heterocycles. The van der Waals surface area contributed by atoms with E-state index in [1.165, 1.54) is 16.2 Å². The van der Waals surface area contributed by atoms with Crippen molar-refractivity contribution in [2.45, 2.75) is 25.4 Å². The van der Waals surface area contributed by atoms with Crippen molar-refractivity contribution < 1.29 is 14.7 Å². The number of likely N-dealkylation sites (N-methyl/N-ethyl adjacent to an activating group) is 1. The molecule has 0 aliphatic carbocycles. The number of nitrogens with two attached hydrogens (primary N) is 1. The molecule has 1 atom stereocenters. The molecule has 1 aromatic heterocycles. The van der Waals surface area contributed by atoms with Crippen molar-refractivity contribution in [3.05, 3.63) is 16.6 Å². The molecule has 0 bridgehead atoms. The predicted molar refractivity (Wildman–Crippen MR) is 63.4 cm³/mol. The minimum atomic E-state index is -0.949. The normalized spacial score (nSPS) is 12.1. The molecule has 1 amide bonds. The van der Waals surface area contributed by atoms with Gasteiger partial charge >= 0.3 is 5.97 Å². The summed E-state index contributed by atoms with van der Waals surface area (Å²) in [5.41, 5.74) is 8.12. The number of hydrogen-bond donors (Lipinski definition) is 2. The van der Waals surface area contributed by atoms with Crippen LogP contribution in [-0.4, -0.2) is 40.0 Å². The number of carbonyl (C=O) groups excluding carboxylic acids is 1. The minimum Gasteiger partial charge on any atom is -0.481 e. The minimum absolute atomic E-state index is 0.0998. The van der Waals surface area contributed by atoms with Crippen LogP contribution >= 0.6 is 11.3 Å². The molecule has 6 nitrogen and oxygen atoms in total. The molecule has 0 aromatic carbocycles. The molecule has 0 saturated carbocycles. The number of rotatable bonds is 6. The van der Waals surface area contributed by atoms with Crippen molar-refractivity contribution >= 4 is 23.2 Å². The maximum atomic E-state index is 11.8. The molecule has 94 valence electrons. The molecule has 3 N–H and O–H groups in total. The summed E-state index contributed by atoms with van der Waals surface area (Å²) in [6.45, 7) is 0.392. The third kappa shape index (κ3) is 4.49. The fraction of sp³-hybridized carbons (Fsp3) is 0.500. The van der Waals surface area contributed by atoms with E-state index in [0.29, 0.717) is 6.54 Å². The lowest BCUT2D eigenvalue weighted by Gasteiger charge is -2.20. The van der Waals surface area contributed by atoms with Gasteiger partial charge in [-0.05, 0) is 6.42 Å². The van der Waals surface area contributed by atoms with Crippen molar-refractivity contribution in [3.63, 3.8) is 0 Å². The highest BCUT2D eigenvalue weighted by Crippen LogP contribution is 2.06. The summed E-state index contributed by atoms with van der Waals surface area (Å²) >= 11 is 1.46. The number of nitrogens with zero attached hydrogens (tertiary/aromatic N) is 2. The van der Waals surface area contributed by atoms with E-state index in [2.05, 4.69) is 4.98 Å². The van der Waals surface area contributed by atoms with E-state index in [0.717, 1.165) is 5.69 Å². The average molecular weight is 257 g/mol. The second-order valence-corrected chi connectivity index (χ2v) is 4.43. The first-order chi connectivity index (χ1) is 8.00. The Kier molecular flexibility index (Phi) is 5.05. The van der Waals surface area contributed by atoms with Gasteiger partial charge in [-0.25, -0.2) is 4.98 Å². The predicted octanol–water partition coefficient (Wildman–Crippen LogP) is 0.294. The van der Waals surface area contributed by atoms with Gasteiger partial charge in [0.05, 0.1) is 23.8 Å². The number of thiazole rings is 1. The molecule has 0 radical (unpaired) electrons. The van der Waals surface area contributed by atoms with Crippen LogP contribution in [0.5, 0.6) is 0 Å². The molecule has 0 spiro atoms. The van der Waals surface area contributed by atoms with Gasteiger partial charge in [0.25, 0.3) is 0 Å². The monoisotopic (exact) mass is 257 g/mol. The Balaban J connectivity index is 2.42. The van der Waals surface area contributed by atoms with Crippen LogP contribution in [-0.2, 0) is 16.1 Å². The zero-order chi connectivity index (χ0) is 12.8. The summed E-state index contributed by atoms with van der Waals surface area (Å²) in [5.74, 6) is -1.21. The summed E-state index contributed by atoms with van der Waals surface area (Å²) in [5, 5.41) is 10.4. The molecule has 17 heavy (non-hydrogen) atoms. The second-order valence-electron chi connectivity index (χ2n) is 3.71. The number of carbonyl (C=O) groups is 2. The van der Waals surface area contributed by atoms with Gasteiger partial charge in [0, 0.05) is 18.8 Å². The summed E-state index contributed by atoms with van der Waals surface area (Å²) in [7, 11) is 1.63. The highest BCUT2D eigenvalue weighted by atomic mass is 32.1. The highest BCUT2D eigenvalue weighted by molar-refractivity contribution is 7.07.